The lowest BCUT2D eigenvalue weighted by Crippen LogP contribution is -2.39. The molecule has 0 unspecified atom stereocenters. The molecular weight excluding hydrogens is 352 g/mol. The van der Waals surface area contributed by atoms with Crippen molar-refractivity contribution >= 4 is 17.8 Å². The van der Waals surface area contributed by atoms with Crippen LogP contribution in [-0.4, -0.2) is 54.8 Å². The number of nitrogens with one attached hydrogen (secondary N) is 1. The number of carbonyl (C=O) groups is 2. The molecule has 2 aromatic carbocycles. The van der Waals surface area contributed by atoms with Crippen molar-refractivity contribution in [2.45, 2.75) is 19.4 Å². The smallest absolute Gasteiger partial charge is 0.261 e. The normalized spacial score (nSPS) is 13.6. The van der Waals surface area contributed by atoms with E-state index in [0.717, 1.165) is 31.9 Å². The first-order valence-corrected chi connectivity index (χ1v) is 9.52. The first-order chi connectivity index (χ1) is 13.6. The zero-order valence-electron chi connectivity index (χ0n) is 16.4. The molecule has 2 amide bonds. The number of aliphatic imine (C=N–C) groups is 1. The third-order valence-corrected chi connectivity index (χ3v) is 4.81. The number of carbonyl (C=O) groups excluding carboxylic acids is 2. The highest BCUT2D eigenvalue weighted by atomic mass is 16.2. The summed E-state index contributed by atoms with van der Waals surface area (Å²) < 4.78 is 0. The molecule has 28 heavy (non-hydrogen) atoms. The van der Waals surface area contributed by atoms with E-state index in [1.807, 2.05) is 25.2 Å². The van der Waals surface area contributed by atoms with Crippen molar-refractivity contribution in [3.63, 3.8) is 0 Å². The molecule has 1 aliphatic heterocycles. The average Bonchev–Trinajstić information content (AvgIpc) is 2.96. The third-order valence-electron chi connectivity index (χ3n) is 4.81. The highest BCUT2D eigenvalue weighted by Crippen LogP contribution is 2.22. The Morgan fingerprint density at radius 1 is 0.964 bits per heavy atom. The van der Waals surface area contributed by atoms with Gasteiger partial charge in [0.1, 0.15) is 0 Å². The van der Waals surface area contributed by atoms with Gasteiger partial charge >= 0.3 is 0 Å². The van der Waals surface area contributed by atoms with E-state index in [-0.39, 0.29) is 11.8 Å². The molecular formula is C22H26N4O2. The number of hydrogen-bond acceptors (Lipinski definition) is 3. The van der Waals surface area contributed by atoms with Gasteiger partial charge in [0, 0.05) is 33.7 Å². The highest BCUT2D eigenvalue weighted by Gasteiger charge is 2.34. The standard InChI is InChI=1S/C22H26N4O2/c1-23-22(25(2)16-17-10-4-3-5-11-17)24-14-8-9-15-26-20(27)18-12-6-7-13-19(18)21(26)28/h3-7,10-13H,8-9,14-16H2,1-2H3,(H,23,24). The number of fused-ring (bicyclic) bond motifs is 1. The van der Waals surface area contributed by atoms with E-state index in [2.05, 4.69) is 27.3 Å². The van der Waals surface area contributed by atoms with E-state index in [1.165, 1.54) is 10.5 Å². The second kappa shape index (κ2) is 9.17. The summed E-state index contributed by atoms with van der Waals surface area (Å²) in [5.74, 6) is 0.448. The van der Waals surface area contributed by atoms with Crippen LogP contribution >= 0.6 is 0 Å². The third kappa shape index (κ3) is 4.39. The first-order valence-electron chi connectivity index (χ1n) is 9.52. The Labute approximate surface area is 165 Å². The molecule has 0 saturated heterocycles. The van der Waals surface area contributed by atoms with Gasteiger partial charge in [0.15, 0.2) is 5.96 Å². The summed E-state index contributed by atoms with van der Waals surface area (Å²) in [4.78, 5) is 32.4. The van der Waals surface area contributed by atoms with E-state index in [0.29, 0.717) is 17.7 Å². The minimum absolute atomic E-state index is 0.188. The van der Waals surface area contributed by atoms with Crippen molar-refractivity contribution in [1.29, 1.82) is 0 Å². The zero-order valence-corrected chi connectivity index (χ0v) is 16.4. The van der Waals surface area contributed by atoms with E-state index in [4.69, 9.17) is 0 Å². The fraction of sp³-hybridized carbons (Fsp3) is 0.318. The van der Waals surface area contributed by atoms with Crippen molar-refractivity contribution in [2.75, 3.05) is 27.2 Å². The summed E-state index contributed by atoms with van der Waals surface area (Å²) in [7, 11) is 3.77. The molecule has 2 aromatic rings. The summed E-state index contributed by atoms with van der Waals surface area (Å²) in [6.45, 7) is 1.94. The molecule has 6 heteroatoms. The van der Waals surface area contributed by atoms with Gasteiger partial charge in [-0.3, -0.25) is 19.5 Å². The highest BCUT2D eigenvalue weighted by molar-refractivity contribution is 6.21. The molecule has 0 saturated carbocycles. The molecule has 0 spiro atoms. The molecule has 0 aromatic heterocycles. The van der Waals surface area contributed by atoms with Gasteiger partial charge in [0.05, 0.1) is 11.1 Å². The van der Waals surface area contributed by atoms with Gasteiger partial charge in [-0.15, -0.1) is 0 Å². The Bertz CT molecular complexity index is 829. The van der Waals surface area contributed by atoms with Crippen LogP contribution in [0.3, 0.4) is 0 Å². The molecule has 3 rings (SSSR count). The predicted molar refractivity (Wildman–Crippen MR) is 110 cm³/mol. The van der Waals surface area contributed by atoms with Gasteiger partial charge in [0.2, 0.25) is 0 Å². The molecule has 1 aliphatic rings. The maximum absolute atomic E-state index is 12.4. The van der Waals surface area contributed by atoms with Crippen LogP contribution < -0.4 is 5.32 Å². The van der Waals surface area contributed by atoms with E-state index >= 15 is 0 Å². The number of hydrogen-bond donors (Lipinski definition) is 1. The second-order valence-corrected chi connectivity index (χ2v) is 6.83. The molecule has 0 radical (unpaired) electrons. The van der Waals surface area contributed by atoms with Crippen LogP contribution in [0.2, 0.25) is 0 Å². The lowest BCUT2D eigenvalue weighted by Gasteiger charge is -2.22. The van der Waals surface area contributed by atoms with E-state index < -0.39 is 0 Å². The molecule has 0 atom stereocenters. The van der Waals surface area contributed by atoms with Crippen LogP contribution in [0.25, 0.3) is 0 Å². The van der Waals surface area contributed by atoms with Crippen LogP contribution in [0.4, 0.5) is 0 Å². The van der Waals surface area contributed by atoms with Crippen LogP contribution in [0, 0.1) is 0 Å². The van der Waals surface area contributed by atoms with Crippen molar-refractivity contribution in [3.05, 3.63) is 71.3 Å². The molecule has 1 N–H and O–H groups in total. The average molecular weight is 378 g/mol. The Morgan fingerprint density at radius 2 is 1.57 bits per heavy atom. The lowest BCUT2D eigenvalue weighted by molar-refractivity contribution is 0.0652. The monoisotopic (exact) mass is 378 g/mol. The predicted octanol–water partition coefficient (Wildman–Crippen LogP) is 2.77. The minimum Gasteiger partial charge on any atom is -0.356 e. The van der Waals surface area contributed by atoms with Crippen LogP contribution in [0.15, 0.2) is 59.6 Å². The SMILES string of the molecule is CN=C(NCCCCN1C(=O)c2ccccc2C1=O)N(C)Cc1ccccc1. The van der Waals surface area contributed by atoms with Gasteiger partial charge in [-0.2, -0.15) is 0 Å². The van der Waals surface area contributed by atoms with Crippen molar-refractivity contribution < 1.29 is 9.59 Å². The van der Waals surface area contributed by atoms with Gasteiger partial charge in [-0.25, -0.2) is 0 Å². The Hall–Kier alpha value is -3.15. The molecule has 146 valence electrons. The summed E-state index contributed by atoms with van der Waals surface area (Å²) in [6, 6.07) is 17.2. The van der Waals surface area contributed by atoms with Gasteiger partial charge < -0.3 is 10.2 Å². The van der Waals surface area contributed by atoms with Crippen molar-refractivity contribution in [2.24, 2.45) is 4.99 Å². The van der Waals surface area contributed by atoms with Gasteiger partial charge in [-0.1, -0.05) is 42.5 Å². The number of unbranched alkanes of at least 4 members (excludes halogenated alkanes) is 1. The number of nitrogens with zero attached hydrogens (tertiary/aromatic N) is 3. The summed E-state index contributed by atoms with van der Waals surface area (Å²) >= 11 is 0. The number of amides is 2. The number of benzene rings is 2. The Balaban J connectivity index is 1.42. The minimum atomic E-state index is -0.188. The number of rotatable bonds is 7. The fourth-order valence-corrected chi connectivity index (χ4v) is 3.35. The maximum atomic E-state index is 12.4. The molecule has 6 nitrogen and oxygen atoms in total. The summed E-state index contributed by atoms with van der Waals surface area (Å²) in [6.07, 6.45) is 1.59. The summed E-state index contributed by atoms with van der Waals surface area (Å²) in [5, 5.41) is 3.34. The maximum Gasteiger partial charge on any atom is 0.261 e. The first kappa shape index (κ1) is 19.6. The van der Waals surface area contributed by atoms with Crippen LogP contribution in [0.5, 0.6) is 0 Å². The molecule has 0 bridgehead atoms. The van der Waals surface area contributed by atoms with E-state index in [9.17, 15) is 9.59 Å². The Morgan fingerprint density at radius 3 is 2.18 bits per heavy atom. The van der Waals surface area contributed by atoms with Crippen LogP contribution in [-0.2, 0) is 6.54 Å². The van der Waals surface area contributed by atoms with Crippen LogP contribution in [0.1, 0.15) is 39.1 Å². The van der Waals surface area contributed by atoms with Gasteiger partial charge in [-0.05, 0) is 30.5 Å². The zero-order chi connectivity index (χ0) is 19.9. The van der Waals surface area contributed by atoms with E-state index in [1.54, 1.807) is 31.3 Å². The number of imide groups is 1. The lowest BCUT2D eigenvalue weighted by atomic mass is 10.1. The summed E-state index contributed by atoms with van der Waals surface area (Å²) in [5.41, 5.74) is 2.24. The van der Waals surface area contributed by atoms with Gasteiger partial charge in [0.25, 0.3) is 11.8 Å². The van der Waals surface area contributed by atoms with Crippen molar-refractivity contribution in [1.82, 2.24) is 15.1 Å². The Kier molecular flexibility index (Phi) is 6.42. The fourth-order valence-electron chi connectivity index (χ4n) is 3.35. The topological polar surface area (TPSA) is 65.0 Å². The quantitative estimate of drug-likeness (QED) is 0.348. The largest absolute Gasteiger partial charge is 0.356 e. The second-order valence-electron chi connectivity index (χ2n) is 6.83. The molecule has 0 aliphatic carbocycles. The number of guanidine groups is 1. The van der Waals surface area contributed by atoms with Crippen molar-refractivity contribution in [3.8, 4) is 0 Å². The molecule has 0 fully saturated rings. The molecule has 1 heterocycles.